The number of carbonyl (C=O) groups excluding carboxylic acids is 5. The molecule has 2 aromatic carbocycles. The Labute approximate surface area is 230 Å². The SMILES string of the molecule is NC(=O)CCC(NC(=O)C(Cc1ccccc1)NC(=O)C(N)Cc1ccccc1)C(=O)NC(CC(N)=O)C(=O)O. The van der Waals surface area contributed by atoms with Crippen molar-refractivity contribution < 1.29 is 33.9 Å². The standard InChI is InChI=1S/C27H34N6O7/c28-18(13-16-7-3-1-4-8-16)24(36)32-20(14-17-9-5-2-6-10-17)26(38)31-19(11-12-22(29)34)25(37)33-21(27(39)40)15-23(30)35/h1-10,18-21H,11-15,28H2,(H2,29,34)(H2,30,35)(H,31,38)(H,32,36)(H,33,37)(H,39,40). The predicted octanol–water partition coefficient (Wildman–Crippen LogP) is -1.52. The van der Waals surface area contributed by atoms with Crippen molar-refractivity contribution >= 4 is 35.5 Å². The van der Waals surface area contributed by atoms with Gasteiger partial charge in [0.1, 0.15) is 18.1 Å². The van der Waals surface area contributed by atoms with Crippen LogP contribution in [0.25, 0.3) is 0 Å². The highest BCUT2D eigenvalue weighted by atomic mass is 16.4. The number of benzene rings is 2. The first-order valence-corrected chi connectivity index (χ1v) is 12.5. The van der Waals surface area contributed by atoms with E-state index < -0.39 is 66.1 Å². The molecule has 0 saturated carbocycles. The summed E-state index contributed by atoms with van der Waals surface area (Å²) in [5.74, 6) is -5.62. The molecule has 0 spiro atoms. The Bertz CT molecular complexity index is 1190. The van der Waals surface area contributed by atoms with Gasteiger partial charge >= 0.3 is 5.97 Å². The summed E-state index contributed by atoms with van der Waals surface area (Å²) in [6.07, 6.45) is -1.02. The molecule has 0 fully saturated rings. The summed E-state index contributed by atoms with van der Waals surface area (Å²) >= 11 is 0. The third kappa shape index (κ3) is 10.9. The zero-order chi connectivity index (χ0) is 29.7. The molecule has 2 aromatic rings. The van der Waals surface area contributed by atoms with Crippen molar-refractivity contribution in [3.8, 4) is 0 Å². The van der Waals surface area contributed by atoms with Crippen molar-refractivity contribution in [2.45, 2.75) is 56.3 Å². The number of amides is 5. The molecule has 4 atom stereocenters. The van der Waals surface area contributed by atoms with E-state index in [9.17, 15) is 33.9 Å². The average molecular weight is 555 g/mol. The lowest BCUT2D eigenvalue weighted by Gasteiger charge is -2.25. The number of aliphatic carboxylic acids is 1. The molecule has 10 N–H and O–H groups in total. The number of carboxylic acid groups (broad SMARTS) is 1. The van der Waals surface area contributed by atoms with Crippen molar-refractivity contribution in [3.63, 3.8) is 0 Å². The second kappa shape index (κ2) is 15.6. The third-order valence-corrected chi connectivity index (χ3v) is 5.88. The minimum Gasteiger partial charge on any atom is -0.480 e. The van der Waals surface area contributed by atoms with Gasteiger partial charge in [-0.3, -0.25) is 24.0 Å². The number of primary amides is 2. The molecule has 0 heterocycles. The number of nitrogens with two attached hydrogens (primary N) is 3. The number of hydrogen-bond acceptors (Lipinski definition) is 7. The van der Waals surface area contributed by atoms with E-state index in [-0.39, 0.29) is 25.7 Å². The Kier molecular flexibility index (Phi) is 12.3. The fourth-order valence-corrected chi connectivity index (χ4v) is 3.80. The monoisotopic (exact) mass is 554 g/mol. The van der Waals surface area contributed by atoms with E-state index in [1.165, 1.54) is 0 Å². The van der Waals surface area contributed by atoms with E-state index in [0.717, 1.165) is 5.56 Å². The van der Waals surface area contributed by atoms with Crippen molar-refractivity contribution in [2.24, 2.45) is 17.2 Å². The molecule has 4 unspecified atom stereocenters. The first kappa shape index (κ1) is 31.4. The number of carbonyl (C=O) groups is 6. The highest BCUT2D eigenvalue weighted by molar-refractivity contribution is 5.95. The van der Waals surface area contributed by atoms with E-state index >= 15 is 0 Å². The van der Waals surface area contributed by atoms with Crippen LogP contribution in [0.15, 0.2) is 60.7 Å². The summed E-state index contributed by atoms with van der Waals surface area (Å²) in [6.45, 7) is 0. The first-order valence-electron chi connectivity index (χ1n) is 12.5. The topological polar surface area (TPSA) is 237 Å². The van der Waals surface area contributed by atoms with Gasteiger partial charge in [-0.15, -0.1) is 0 Å². The smallest absolute Gasteiger partial charge is 0.326 e. The Morgan fingerprint density at radius 3 is 1.62 bits per heavy atom. The zero-order valence-electron chi connectivity index (χ0n) is 21.7. The lowest BCUT2D eigenvalue weighted by molar-refractivity contribution is -0.144. The molecule has 2 rings (SSSR count). The molecular weight excluding hydrogens is 520 g/mol. The quantitative estimate of drug-likeness (QED) is 0.128. The van der Waals surface area contributed by atoms with Gasteiger partial charge in [0.05, 0.1) is 12.5 Å². The summed E-state index contributed by atoms with van der Waals surface area (Å²) < 4.78 is 0. The molecule has 5 amide bonds. The van der Waals surface area contributed by atoms with E-state index in [4.69, 9.17) is 17.2 Å². The van der Waals surface area contributed by atoms with Crippen LogP contribution in [0.2, 0.25) is 0 Å². The van der Waals surface area contributed by atoms with E-state index in [0.29, 0.717) is 5.56 Å². The summed E-state index contributed by atoms with van der Waals surface area (Å²) in [4.78, 5) is 73.3. The fourth-order valence-electron chi connectivity index (χ4n) is 3.80. The molecule has 214 valence electrons. The van der Waals surface area contributed by atoms with Crippen LogP contribution in [0.4, 0.5) is 0 Å². The lowest BCUT2D eigenvalue weighted by Crippen LogP contribution is -2.58. The van der Waals surface area contributed by atoms with E-state index in [1.54, 1.807) is 42.5 Å². The van der Waals surface area contributed by atoms with Crippen LogP contribution in [0.1, 0.15) is 30.4 Å². The Morgan fingerprint density at radius 1 is 0.650 bits per heavy atom. The van der Waals surface area contributed by atoms with Gasteiger partial charge in [-0.2, -0.15) is 0 Å². The normalized spacial score (nSPS) is 13.6. The van der Waals surface area contributed by atoms with E-state index in [2.05, 4.69) is 16.0 Å². The average Bonchev–Trinajstić information content (AvgIpc) is 2.90. The predicted molar refractivity (Wildman–Crippen MR) is 144 cm³/mol. The van der Waals surface area contributed by atoms with Crippen LogP contribution in [-0.4, -0.2) is 64.8 Å². The maximum Gasteiger partial charge on any atom is 0.326 e. The number of nitrogens with one attached hydrogen (secondary N) is 3. The third-order valence-electron chi connectivity index (χ3n) is 5.88. The molecule has 40 heavy (non-hydrogen) atoms. The van der Waals surface area contributed by atoms with Crippen LogP contribution >= 0.6 is 0 Å². The van der Waals surface area contributed by atoms with Gasteiger partial charge in [0.25, 0.3) is 0 Å². The van der Waals surface area contributed by atoms with Crippen LogP contribution in [0.3, 0.4) is 0 Å². The van der Waals surface area contributed by atoms with Crippen molar-refractivity contribution in [1.29, 1.82) is 0 Å². The number of rotatable bonds is 16. The minimum atomic E-state index is -1.66. The lowest BCUT2D eigenvalue weighted by atomic mass is 10.0. The maximum absolute atomic E-state index is 13.4. The van der Waals surface area contributed by atoms with Gasteiger partial charge < -0.3 is 38.3 Å². The summed E-state index contributed by atoms with van der Waals surface area (Å²) in [5.41, 5.74) is 17.9. The molecule has 13 nitrogen and oxygen atoms in total. The van der Waals surface area contributed by atoms with Crippen LogP contribution < -0.4 is 33.2 Å². The van der Waals surface area contributed by atoms with Crippen molar-refractivity contribution in [2.75, 3.05) is 0 Å². The van der Waals surface area contributed by atoms with Crippen molar-refractivity contribution in [1.82, 2.24) is 16.0 Å². The highest BCUT2D eigenvalue weighted by Crippen LogP contribution is 2.08. The summed E-state index contributed by atoms with van der Waals surface area (Å²) in [5, 5.41) is 16.5. The Morgan fingerprint density at radius 2 is 1.12 bits per heavy atom. The first-order chi connectivity index (χ1) is 19.0. The largest absolute Gasteiger partial charge is 0.480 e. The molecule has 0 aliphatic carbocycles. The van der Waals surface area contributed by atoms with Gasteiger partial charge in [0, 0.05) is 12.8 Å². The van der Waals surface area contributed by atoms with Gasteiger partial charge in [-0.25, -0.2) is 4.79 Å². The highest BCUT2D eigenvalue weighted by Gasteiger charge is 2.31. The minimum absolute atomic E-state index is 0.0417. The molecule has 0 aliphatic rings. The fraction of sp³-hybridized carbons (Fsp3) is 0.333. The van der Waals surface area contributed by atoms with Crippen LogP contribution in [0, 0.1) is 0 Å². The number of carboxylic acids is 1. The number of hydrogen-bond donors (Lipinski definition) is 7. The van der Waals surface area contributed by atoms with Crippen molar-refractivity contribution in [3.05, 3.63) is 71.8 Å². The Hall–Kier alpha value is -4.78. The second-order valence-corrected chi connectivity index (χ2v) is 9.18. The van der Waals surface area contributed by atoms with Gasteiger partial charge in [-0.05, 0) is 24.0 Å². The Balaban J connectivity index is 2.23. The summed E-state index contributed by atoms with van der Waals surface area (Å²) in [6, 6.07) is 12.6. The van der Waals surface area contributed by atoms with Crippen LogP contribution in [-0.2, 0) is 41.6 Å². The second-order valence-electron chi connectivity index (χ2n) is 9.18. The molecule has 0 radical (unpaired) electrons. The van der Waals surface area contributed by atoms with Gasteiger partial charge in [0.2, 0.25) is 29.5 Å². The maximum atomic E-state index is 13.4. The van der Waals surface area contributed by atoms with Gasteiger partial charge in [0.15, 0.2) is 0 Å². The zero-order valence-corrected chi connectivity index (χ0v) is 21.7. The molecule has 13 heteroatoms. The summed E-state index contributed by atoms with van der Waals surface area (Å²) in [7, 11) is 0. The molecular formula is C27H34N6O7. The van der Waals surface area contributed by atoms with E-state index in [1.807, 2.05) is 18.2 Å². The molecule has 0 saturated heterocycles. The molecule has 0 bridgehead atoms. The van der Waals surface area contributed by atoms with Gasteiger partial charge in [-0.1, -0.05) is 60.7 Å². The van der Waals surface area contributed by atoms with Crippen LogP contribution in [0.5, 0.6) is 0 Å². The molecule has 0 aromatic heterocycles. The molecule has 0 aliphatic heterocycles.